The monoisotopic (exact) mass is 647 g/mol. The molecule has 1 aliphatic carbocycles. The highest BCUT2D eigenvalue weighted by atomic mass is 35.5. The van der Waals surface area contributed by atoms with Crippen molar-refractivity contribution in [1.82, 2.24) is 0 Å². The van der Waals surface area contributed by atoms with Gasteiger partial charge in [-0.25, -0.2) is 8.78 Å². The number of amides is 3. The summed E-state index contributed by atoms with van der Waals surface area (Å²) >= 11 is 31.4. The number of hydrogen-bond acceptors (Lipinski definition) is 3. The van der Waals surface area contributed by atoms with Crippen molar-refractivity contribution in [2.45, 2.75) is 30.5 Å². The van der Waals surface area contributed by atoms with E-state index in [0.29, 0.717) is 32.4 Å². The highest BCUT2D eigenvalue weighted by Gasteiger charge is 2.67. The number of benzene rings is 3. The second-order valence-electron chi connectivity index (χ2n) is 9.25. The van der Waals surface area contributed by atoms with E-state index in [1.54, 1.807) is 31.2 Å². The number of halogens is 7. The van der Waals surface area contributed by atoms with E-state index in [9.17, 15) is 23.2 Å². The first-order chi connectivity index (χ1) is 18.7. The van der Waals surface area contributed by atoms with Crippen LogP contribution in [0, 0.1) is 24.5 Å². The van der Waals surface area contributed by atoms with Gasteiger partial charge in [0.15, 0.2) is 5.82 Å². The van der Waals surface area contributed by atoms with Crippen molar-refractivity contribution in [2.75, 3.05) is 16.0 Å². The number of aryl methyl sites for hydroxylation is 1. The average Bonchev–Trinajstić information content (AvgIpc) is 3.45. The molecular weight excluding hydrogens is 630 g/mol. The Kier molecular flexibility index (Phi) is 8.88. The fourth-order valence-electron chi connectivity index (χ4n) is 4.34. The molecule has 0 aliphatic heterocycles. The fraction of sp³-hybridized carbons (Fsp3) is 0.222. The molecule has 0 saturated heterocycles. The minimum atomic E-state index is -1.37. The second kappa shape index (κ2) is 11.7. The molecule has 0 radical (unpaired) electrons. The smallest absolute Gasteiger partial charge is 0.231 e. The Morgan fingerprint density at radius 3 is 2.27 bits per heavy atom. The van der Waals surface area contributed by atoms with Crippen LogP contribution < -0.4 is 16.0 Å². The molecule has 1 saturated carbocycles. The fourth-order valence-corrected chi connectivity index (χ4v) is 5.65. The predicted octanol–water partition coefficient (Wildman–Crippen LogP) is 7.90. The van der Waals surface area contributed by atoms with E-state index in [4.69, 9.17) is 58.0 Å². The number of hydrogen-bond donors (Lipinski definition) is 3. The molecule has 4 rings (SSSR count). The molecule has 1 fully saturated rings. The van der Waals surface area contributed by atoms with Gasteiger partial charge in [0.05, 0.1) is 28.1 Å². The van der Waals surface area contributed by atoms with Crippen LogP contribution in [-0.2, 0) is 20.8 Å². The largest absolute Gasteiger partial charge is 0.326 e. The van der Waals surface area contributed by atoms with Crippen LogP contribution in [0.5, 0.6) is 0 Å². The van der Waals surface area contributed by atoms with Crippen LogP contribution in [0.15, 0.2) is 42.5 Å². The lowest BCUT2D eigenvalue weighted by molar-refractivity contribution is -0.117. The summed E-state index contributed by atoms with van der Waals surface area (Å²) in [6, 6.07) is 9.94. The summed E-state index contributed by atoms with van der Waals surface area (Å²) < 4.78 is 27.3. The maximum absolute atomic E-state index is 14.7. The zero-order chi connectivity index (χ0) is 29.5. The van der Waals surface area contributed by atoms with Gasteiger partial charge in [-0.2, -0.15) is 0 Å². The summed E-state index contributed by atoms with van der Waals surface area (Å²) in [5.74, 6) is -5.28. The maximum Gasteiger partial charge on any atom is 0.231 e. The molecule has 1 aliphatic rings. The normalized spacial score (nSPS) is 17.2. The molecule has 0 heterocycles. The van der Waals surface area contributed by atoms with E-state index < -0.39 is 51.2 Å². The van der Waals surface area contributed by atoms with Gasteiger partial charge < -0.3 is 16.0 Å². The van der Waals surface area contributed by atoms with Gasteiger partial charge in [0, 0.05) is 23.6 Å². The van der Waals surface area contributed by atoms with E-state index in [1.165, 1.54) is 6.07 Å². The molecule has 0 aromatic heterocycles. The SMILES string of the molecule is CC(=O)Nc1c(F)ccc(NC(=O)Cc2cc(NC(=O)[C@H]3[C@H](c4ccc(Cl)c(Cl)c4)C3(Cl)Cl)cc(C)c2Cl)c1F. The first kappa shape index (κ1) is 30.3. The molecule has 0 unspecified atom stereocenters. The molecule has 13 heteroatoms. The average molecular weight is 650 g/mol. The van der Waals surface area contributed by atoms with Crippen molar-refractivity contribution in [2.24, 2.45) is 5.92 Å². The Hall–Kier alpha value is -2.62. The quantitative estimate of drug-likeness (QED) is 0.228. The lowest BCUT2D eigenvalue weighted by Gasteiger charge is -2.14. The summed E-state index contributed by atoms with van der Waals surface area (Å²) in [5.41, 5.74) is 0.855. The van der Waals surface area contributed by atoms with Crippen molar-refractivity contribution in [3.8, 4) is 0 Å². The summed E-state index contributed by atoms with van der Waals surface area (Å²) in [7, 11) is 0. The molecule has 3 amide bonds. The van der Waals surface area contributed by atoms with Crippen LogP contribution in [0.1, 0.15) is 29.5 Å². The van der Waals surface area contributed by atoms with Gasteiger partial charge in [0.1, 0.15) is 15.8 Å². The second-order valence-corrected chi connectivity index (χ2v) is 11.9. The van der Waals surface area contributed by atoms with Gasteiger partial charge in [-0.3, -0.25) is 14.4 Å². The first-order valence-electron chi connectivity index (χ1n) is 11.7. The molecule has 3 N–H and O–H groups in total. The van der Waals surface area contributed by atoms with Gasteiger partial charge in [-0.1, -0.05) is 40.9 Å². The van der Waals surface area contributed by atoms with Crippen molar-refractivity contribution >= 4 is 92.8 Å². The highest BCUT2D eigenvalue weighted by molar-refractivity contribution is 6.53. The summed E-state index contributed by atoms with van der Waals surface area (Å²) in [6.45, 7) is 2.78. The number of carbonyl (C=O) groups is 3. The van der Waals surface area contributed by atoms with Crippen LogP contribution in [-0.4, -0.2) is 22.1 Å². The molecule has 0 spiro atoms. The Balaban J connectivity index is 1.50. The van der Waals surface area contributed by atoms with E-state index in [0.717, 1.165) is 19.1 Å². The molecule has 210 valence electrons. The third kappa shape index (κ3) is 6.31. The number of carbonyl (C=O) groups excluding carboxylic acids is 3. The van der Waals surface area contributed by atoms with Crippen LogP contribution in [0.3, 0.4) is 0 Å². The van der Waals surface area contributed by atoms with Gasteiger partial charge in [0.25, 0.3) is 0 Å². The van der Waals surface area contributed by atoms with E-state index in [-0.39, 0.29) is 17.1 Å². The number of alkyl halides is 2. The van der Waals surface area contributed by atoms with Crippen molar-refractivity contribution < 1.29 is 23.2 Å². The number of rotatable bonds is 7. The zero-order valence-electron chi connectivity index (χ0n) is 20.8. The third-order valence-corrected chi connectivity index (χ3v) is 8.47. The minimum absolute atomic E-state index is 0.260. The Labute approximate surface area is 253 Å². The van der Waals surface area contributed by atoms with Gasteiger partial charge in [-0.15, -0.1) is 23.2 Å². The summed E-state index contributed by atoms with van der Waals surface area (Å²) in [5, 5.41) is 8.07. The standard InChI is InChI=1S/C27H20Cl5F2N3O3/c1-11-7-15(36-26(40)22-21(27(22,31)32)13-3-4-16(28)17(29)9-13)8-14(23(11)30)10-20(39)37-19-6-5-18(33)25(24(19)34)35-12(2)38/h3-9,21-22H,10H2,1-2H3,(H,35,38)(H,36,40)(H,37,39)/t21-,22+/m0/s1. The molecule has 40 heavy (non-hydrogen) atoms. The summed E-state index contributed by atoms with van der Waals surface area (Å²) in [6.07, 6.45) is -0.306. The Bertz CT molecular complexity index is 1550. The topological polar surface area (TPSA) is 87.3 Å². The van der Waals surface area contributed by atoms with Gasteiger partial charge in [0.2, 0.25) is 17.7 Å². The number of anilines is 3. The molecular formula is C27H20Cl5F2N3O3. The van der Waals surface area contributed by atoms with Crippen LogP contribution in [0.2, 0.25) is 15.1 Å². The molecule has 3 aromatic carbocycles. The van der Waals surface area contributed by atoms with Crippen LogP contribution in [0.25, 0.3) is 0 Å². The Morgan fingerprint density at radius 2 is 1.62 bits per heavy atom. The number of nitrogens with one attached hydrogen (secondary N) is 3. The van der Waals surface area contributed by atoms with Gasteiger partial charge >= 0.3 is 0 Å². The van der Waals surface area contributed by atoms with Crippen LogP contribution >= 0.6 is 58.0 Å². The summed E-state index contributed by atoms with van der Waals surface area (Å²) in [4.78, 5) is 37.1. The lowest BCUT2D eigenvalue weighted by atomic mass is 10.1. The predicted molar refractivity (Wildman–Crippen MR) is 155 cm³/mol. The minimum Gasteiger partial charge on any atom is -0.326 e. The molecule has 6 nitrogen and oxygen atoms in total. The lowest BCUT2D eigenvalue weighted by Crippen LogP contribution is -2.19. The van der Waals surface area contributed by atoms with E-state index >= 15 is 0 Å². The van der Waals surface area contributed by atoms with E-state index in [2.05, 4.69) is 16.0 Å². The van der Waals surface area contributed by atoms with E-state index in [1.807, 2.05) is 0 Å². The molecule has 0 bridgehead atoms. The van der Waals surface area contributed by atoms with Crippen molar-refractivity contribution in [1.29, 1.82) is 0 Å². The molecule has 3 aromatic rings. The Morgan fingerprint density at radius 1 is 0.925 bits per heavy atom. The highest BCUT2D eigenvalue weighted by Crippen LogP contribution is 2.65. The molecule has 2 atom stereocenters. The first-order valence-corrected chi connectivity index (χ1v) is 13.6. The maximum atomic E-state index is 14.7. The van der Waals surface area contributed by atoms with Crippen LogP contribution in [0.4, 0.5) is 25.8 Å². The van der Waals surface area contributed by atoms with Crippen molar-refractivity contribution in [3.05, 3.63) is 85.9 Å². The zero-order valence-corrected chi connectivity index (χ0v) is 24.6. The van der Waals surface area contributed by atoms with Crippen molar-refractivity contribution in [3.63, 3.8) is 0 Å². The third-order valence-electron chi connectivity index (χ3n) is 6.25. The van der Waals surface area contributed by atoms with Gasteiger partial charge in [-0.05, 0) is 60.0 Å².